The number of ether oxygens (including phenoxy) is 1. The molecule has 0 aromatic rings. The van der Waals surface area contributed by atoms with E-state index in [-0.39, 0.29) is 11.3 Å². The zero-order valence-corrected chi connectivity index (χ0v) is 11.4. The van der Waals surface area contributed by atoms with Gasteiger partial charge >= 0.3 is 0 Å². The van der Waals surface area contributed by atoms with Crippen LogP contribution in [0.15, 0.2) is 0 Å². The largest absolute Gasteiger partial charge is 0.381 e. The van der Waals surface area contributed by atoms with Gasteiger partial charge in [-0.05, 0) is 31.1 Å². The van der Waals surface area contributed by atoms with Gasteiger partial charge in [-0.15, -0.1) is 0 Å². The number of hydrogen-bond donors (Lipinski definition) is 0. The molecular weight excluding hydrogens is 228 g/mol. The van der Waals surface area contributed by atoms with Crippen LogP contribution in [0.3, 0.4) is 0 Å². The molecule has 2 fully saturated rings. The van der Waals surface area contributed by atoms with Gasteiger partial charge in [0.25, 0.3) is 0 Å². The highest BCUT2D eigenvalue weighted by atomic mass is 16.5. The first-order chi connectivity index (χ1) is 8.49. The summed E-state index contributed by atoms with van der Waals surface area (Å²) in [6.07, 6.45) is 3.27. The summed E-state index contributed by atoms with van der Waals surface area (Å²) in [6, 6.07) is 2.27. The van der Waals surface area contributed by atoms with E-state index in [1.165, 1.54) is 0 Å². The fourth-order valence-electron chi connectivity index (χ4n) is 2.99. The maximum atomic E-state index is 12.6. The van der Waals surface area contributed by atoms with Crippen LogP contribution >= 0.6 is 0 Å². The van der Waals surface area contributed by atoms with Crippen LogP contribution in [0.25, 0.3) is 0 Å². The Morgan fingerprint density at radius 3 is 2.50 bits per heavy atom. The van der Waals surface area contributed by atoms with Crippen molar-refractivity contribution in [2.45, 2.75) is 39.5 Å². The van der Waals surface area contributed by atoms with Crippen LogP contribution < -0.4 is 0 Å². The Balaban J connectivity index is 2.12. The predicted molar refractivity (Wildman–Crippen MR) is 67.7 cm³/mol. The molecule has 2 saturated heterocycles. The van der Waals surface area contributed by atoms with Crippen LogP contribution in [0.2, 0.25) is 0 Å². The van der Waals surface area contributed by atoms with Crippen molar-refractivity contribution in [1.82, 2.24) is 4.90 Å². The lowest BCUT2D eigenvalue weighted by Gasteiger charge is -2.42. The molecule has 2 aliphatic rings. The van der Waals surface area contributed by atoms with Crippen molar-refractivity contribution in [2.24, 2.45) is 10.8 Å². The quantitative estimate of drug-likeness (QED) is 0.714. The van der Waals surface area contributed by atoms with Crippen molar-refractivity contribution < 1.29 is 9.53 Å². The first-order valence-corrected chi connectivity index (χ1v) is 6.78. The third-order valence-electron chi connectivity index (χ3n) is 4.16. The number of carbonyl (C=O) groups excluding carboxylic acids is 1. The average molecular weight is 250 g/mol. The molecule has 1 amide bonds. The Hall–Kier alpha value is -1.08. The summed E-state index contributed by atoms with van der Waals surface area (Å²) in [5, 5.41) is 9.42. The highest BCUT2D eigenvalue weighted by molar-refractivity contribution is 5.85. The molecule has 0 aliphatic carbocycles. The topological polar surface area (TPSA) is 53.3 Å². The number of carbonyl (C=O) groups is 1. The van der Waals surface area contributed by atoms with Gasteiger partial charge in [0.05, 0.1) is 6.07 Å². The molecule has 100 valence electrons. The van der Waals surface area contributed by atoms with Gasteiger partial charge in [0.2, 0.25) is 5.91 Å². The molecule has 0 aromatic carbocycles. The number of amides is 1. The van der Waals surface area contributed by atoms with Crippen LogP contribution in [0.4, 0.5) is 0 Å². The van der Waals surface area contributed by atoms with E-state index in [0.29, 0.717) is 26.1 Å². The zero-order valence-electron chi connectivity index (χ0n) is 11.4. The minimum atomic E-state index is -0.828. The highest BCUT2D eigenvalue weighted by Crippen LogP contribution is 2.36. The van der Waals surface area contributed by atoms with E-state index in [1.54, 1.807) is 0 Å². The van der Waals surface area contributed by atoms with Crippen LogP contribution in [-0.4, -0.2) is 37.1 Å². The van der Waals surface area contributed by atoms with Gasteiger partial charge in [-0.2, -0.15) is 5.26 Å². The molecule has 0 radical (unpaired) electrons. The van der Waals surface area contributed by atoms with Gasteiger partial charge < -0.3 is 9.64 Å². The maximum Gasteiger partial charge on any atom is 0.243 e. The molecule has 0 bridgehead atoms. The smallest absolute Gasteiger partial charge is 0.243 e. The van der Waals surface area contributed by atoms with Gasteiger partial charge in [-0.1, -0.05) is 13.8 Å². The molecule has 2 aliphatic heterocycles. The number of piperidine rings is 1. The van der Waals surface area contributed by atoms with Gasteiger partial charge in [-0.25, -0.2) is 0 Å². The van der Waals surface area contributed by atoms with Crippen LogP contribution in [-0.2, 0) is 9.53 Å². The number of hydrogen-bond acceptors (Lipinski definition) is 3. The molecule has 0 N–H and O–H groups in total. The van der Waals surface area contributed by atoms with Crippen molar-refractivity contribution in [3.05, 3.63) is 0 Å². The van der Waals surface area contributed by atoms with Gasteiger partial charge in [0, 0.05) is 26.3 Å². The number of nitriles is 1. The Morgan fingerprint density at radius 2 is 1.94 bits per heavy atom. The maximum absolute atomic E-state index is 12.6. The summed E-state index contributed by atoms with van der Waals surface area (Å²) in [5.74, 6) is 0.0288. The summed E-state index contributed by atoms with van der Waals surface area (Å²) in [7, 11) is 0. The molecular formula is C14H22N2O2. The first kappa shape index (κ1) is 13.4. The van der Waals surface area contributed by atoms with E-state index >= 15 is 0 Å². The lowest BCUT2D eigenvalue weighted by molar-refractivity contribution is -0.146. The molecule has 2 rings (SSSR count). The van der Waals surface area contributed by atoms with Gasteiger partial charge in [-0.3, -0.25) is 4.79 Å². The monoisotopic (exact) mass is 250 g/mol. The van der Waals surface area contributed by atoms with Crippen LogP contribution in [0.5, 0.6) is 0 Å². The molecule has 0 saturated carbocycles. The fourth-order valence-corrected chi connectivity index (χ4v) is 2.99. The zero-order chi connectivity index (χ0) is 13.2. The lowest BCUT2D eigenvalue weighted by atomic mass is 9.78. The van der Waals surface area contributed by atoms with Crippen LogP contribution in [0, 0.1) is 22.2 Å². The standard InChI is InChI=1S/C14H22N2O2/c1-13(2)4-3-7-16(11-13)12(17)14(10-15)5-8-18-9-6-14/h3-9,11H2,1-2H3. The molecule has 2 heterocycles. The van der Waals surface area contributed by atoms with E-state index in [4.69, 9.17) is 4.74 Å². The number of nitrogens with zero attached hydrogens (tertiary/aromatic N) is 2. The van der Waals surface area contributed by atoms with Crippen molar-refractivity contribution in [2.75, 3.05) is 26.3 Å². The molecule has 18 heavy (non-hydrogen) atoms. The summed E-state index contributed by atoms with van der Waals surface area (Å²) in [4.78, 5) is 14.5. The van der Waals surface area contributed by atoms with Gasteiger partial charge in [0.1, 0.15) is 5.41 Å². The molecule has 4 heteroatoms. The van der Waals surface area contributed by atoms with E-state index in [2.05, 4.69) is 19.9 Å². The van der Waals surface area contributed by atoms with Crippen molar-refractivity contribution in [3.8, 4) is 6.07 Å². The van der Waals surface area contributed by atoms with E-state index in [0.717, 1.165) is 25.9 Å². The van der Waals surface area contributed by atoms with E-state index in [9.17, 15) is 10.1 Å². The minimum Gasteiger partial charge on any atom is -0.381 e. The SMILES string of the molecule is CC1(C)CCCN(C(=O)C2(C#N)CCOCC2)C1. The summed E-state index contributed by atoms with van der Waals surface area (Å²) < 4.78 is 5.28. The summed E-state index contributed by atoms with van der Waals surface area (Å²) in [6.45, 7) is 7.00. The third-order valence-corrected chi connectivity index (χ3v) is 4.16. The highest BCUT2D eigenvalue weighted by Gasteiger charge is 2.44. The van der Waals surface area contributed by atoms with E-state index < -0.39 is 5.41 Å². The summed E-state index contributed by atoms with van der Waals surface area (Å²) >= 11 is 0. The average Bonchev–Trinajstić information content (AvgIpc) is 2.37. The molecule has 0 spiro atoms. The second-order valence-electron chi connectivity index (χ2n) is 6.30. The molecule has 0 unspecified atom stereocenters. The second-order valence-corrected chi connectivity index (χ2v) is 6.30. The summed E-state index contributed by atoms with van der Waals surface area (Å²) in [5.41, 5.74) is -0.651. The third kappa shape index (κ3) is 2.51. The Bertz CT molecular complexity index is 364. The fraction of sp³-hybridized carbons (Fsp3) is 0.857. The molecule has 0 aromatic heterocycles. The minimum absolute atomic E-state index is 0.0288. The normalized spacial score (nSPS) is 26.4. The lowest BCUT2D eigenvalue weighted by Crippen LogP contribution is -2.51. The number of likely N-dealkylation sites (tertiary alicyclic amines) is 1. The van der Waals surface area contributed by atoms with Crippen LogP contribution in [0.1, 0.15) is 39.5 Å². The second kappa shape index (κ2) is 4.89. The Kier molecular flexibility index (Phi) is 3.63. The van der Waals surface area contributed by atoms with Crippen molar-refractivity contribution in [3.63, 3.8) is 0 Å². The van der Waals surface area contributed by atoms with Crippen molar-refractivity contribution >= 4 is 5.91 Å². The van der Waals surface area contributed by atoms with Crippen molar-refractivity contribution in [1.29, 1.82) is 5.26 Å². The molecule has 4 nitrogen and oxygen atoms in total. The Labute approximate surface area is 109 Å². The van der Waals surface area contributed by atoms with E-state index in [1.807, 2.05) is 4.90 Å². The predicted octanol–water partition coefficient (Wildman–Crippen LogP) is 1.96. The Morgan fingerprint density at radius 1 is 1.28 bits per heavy atom. The first-order valence-electron chi connectivity index (χ1n) is 6.78. The number of rotatable bonds is 1. The molecule has 0 atom stereocenters. The van der Waals surface area contributed by atoms with Gasteiger partial charge in [0.15, 0.2) is 0 Å².